The lowest BCUT2D eigenvalue weighted by Gasteiger charge is -2.32. The number of amides is 1. The Kier molecular flexibility index (Phi) is 6.68. The molecule has 0 heterocycles. The number of nitrogens with one attached hydrogen (secondary N) is 1. The van der Waals surface area contributed by atoms with E-state index in [1.165, 1.54) is 29.8 Å². The van der Waals surface area contributed by atoms with Crippen molar-refractivity contribution < 1.29 is 13.2 Å². The van der Waals surface area contributed by atoms with Gasteiger partial charge in [0.05, 0.1) is 12.8 Å². The monoisotopic (exact) mass is 330 g/mol. The van der Waals surface area contributed by atoms with Gasteiger partial charge in [-0.15, -0.1) is 0 Å². The highest BCUT2D eigenvalue weighted by Gasteiger charge is 2.30. The summed E-state index contributed by atoms with van der Waals surface area (Å²) in [6.07, 6.45) is 13.1. The highest BCUT2D eigenvalue weighted by atomic mass is 32.2. The van der Waals surface area contributed by atoms with E-state index in [1.807, 2.05) is 0 Å². The van der Waals surface area contributed by atoms with Gasteiger partial charge in [-0.05, 0) is 25.7 Å². The highest BCUT2D eigenvalue weighted by molar-refractivity contribution is 7.88. The Morgan fingerprint density at radius 2 is 1.45 bits per heavy atom. The molecular weight excluding hydrogens is 300 g/mol. The van der Waals surface area contributed by atoms with Gasteiger partial charge in [0.2, 0.25) is 15.9 Å². The zero-order valence-corrected chi connectivity index (χ0v) is 14.5. The van der Waals surface area contributed by atoms with Gasteiger partial charge in [0, 0.05) is 12.1 Å². The van der Waals surface area contributed by atoms with Gasteiger partial charge >= 0.3 is 0 Å². The molecule has 6 heteroatoms. The van der Waals surface area contributed by atoms with Crippen molar-refractivity contribution in [2.75, 3.05) is 12.8 Å². The average Bonchev–Trinajstić information content (AvgIpc) is 2.73. The normalized spacial score (nSPS) is 22.5. The molecule has 5 nitrogen and oxygen atoms in total. The van der Waals surface area contributed by atoms with E-state index < -0.39 is 10.0 Å². The molecule has 0 saturated heterocycles. The molecule has 0 atom stereocenters. The summed E-state index contributed by atoms with van der Waals surface area (Å²) in [5, 5.41) is 3.06. The van der Waals surface area contributed by atoms with Crippen LogP contribution in [0.1, 0.15) is 70.6 Å². The predicted molar refractivity (Wildman–Crippen MR) is 88.1 cm³/mol. The van der Waals surface area contributed by atoms with Crippen molar-refractivity contribution in [1.82, 2.24) is 9.62 Å². The van der Waals surface area contributed by atoms with Crippen LogP contribution in [0.5, 0.6) is 0 Å². The molecule has 0 radical (unpaired) electrons. The van der Waals surface area contributed by atoms with Crippen molar-refractivity contribution in [2.24, 2.45) is 0 Å². The molecule has 0 unspecified atom stereocenters. The minimum atomic E-state index is -3.34. The van der Waals surface area contributed by atoms with E-state index in [0.717, 1.165) is 51.4 Å². The zero-order valence-electron chi connectivity index (χ0n) is 13.7. The van der Waals surface area contributed by atoms with Crippen molar-refractivity contribution in [3.05, 3.63) is 0 Å². The molecular formula is C16H30N2O3S. The Bertz CT molecular complexity index is 450. The summed E-state index contributed by atoms with van der Waals surface area (Å²) in [4.78, 5) is 12.3. The Balaban J connectivity index is 1.92. The predicted octanol–water partition coefficient (Wildman–Crippen LogP) is 2.42. The maximum Gasteiger partial charge on any atom is 0.235 e. The summed E-state index contributed by atoms with van der Waals surface area (Å²) in [6.45, 7) is -0.0139. The summed E-state index contributed by atoms with van der Waals surface area (Å²) in [7, 11) is -3.34. The Morgan fingerprint density at radius 1 is 0.955 bits per heavy atom. The number of sulfonamides is 1. The first-order chi connectivity index (χ1) is 10.5. The number of rotatable bonds is 5. The Labute approximate surface area is 134 Å². The molecule has 0 aromatic carbocycles. The van der Waals surface area contributed by atoms with Crippen LogP contribution in [0, 0.1) is 0 Å². The SMILES string of the molecule is CS(=O)(=O)N(CC(=O)NC1CCCCCC1)C1CCCCC1. The third kappa shape index (κ3) is 5.54. The summed E-state index contributed by atoms with van der Waals surface area (Å²) >= 11 is 0. The number of carbonyl (C=O) groups excluding carboxylic acids is 1. The highest BCUT2D eigenvalue weighted by Crippen LogP contribution is 2.24. The second-order valence-electron chi connectivity index (χ2n) is 6.86. The van der Waals surface area contributed by atoms with Gasteiger partial charge in [-0.1, -0.05) is 44.9 Å². The lowest BCUT2D eigenvalue weighted by molar-refractivity contribution is -0.122. The lowest BCUT2D eigenvalue weighted by atomic mass is 9.95. The van der Waals surface area contributed by atoms with Gasteiger partial charge < -0.3 is 5.32 Å². The van der Waals surface area contributed by atoms with E-state index in [4.69, 9.17) is 0 Å². The molecule has 0 aromatic rings. The van der Waals surface area contributed by atoms with Crippen LogP contribution in [0.25, 0.3) is 0 Å². The lowest BCUT2D eigenvalue weighted by Crippen LogP contribution is -2.48. The van der Waals surface area contributed by atoms with Crippen LogP contribution in [0.4, 0.5) is 0 Å². The number of hydrogen-bond donors (Lipinski definition) is 1. The van der Waals surface area contributed by atoms with E-state index in [9.17, 15) is 13.2 Å². The summed E-state index contributed by atoms with van der Waals surface area (Å²) in [5.74, 6) is -0.136. The van der Waals surface area contributed by atoms with Crippen LogP contribution < -0.4 is 5.32 Å². The van der Waals surface area contributed by atoms with E-state index in [2.05, 4.69) is 5.32 Å². The quantitative estimate of drug-likeness (QED) is 0.787. The summed E-state index contributed by atoms with van der Waals surface area (Å²) in [5.41, 5.74) is 0. The zero-order chi connectivity index (χ0) is 16.0. The van der Waals surface area contributed by atoms with E-state index >= 15 is 0 Å². The summed E-state index contributed by atoms with van der Waals surface area (Å²) in [6, 6.07) is 0.228. The van der Waals surface area contributed by atoms with Crippen LogP contribution in [0.3, 0.4) is 0 Å². The van der Waals surface area contributed by atoms with Crippen molar-refractivity contribution in [3.63, 3.8) is 0 Å². The second-order valence-corrected chi connectivity index (χ2v) is 8.79. The maximum atomic E-state index is 12.3. The third-order valence-corrected chi connectivity index (χ3v) is 6.21. The van der Waals surface area contributed by atoms with Crippen LogP contribution in [0.15, 0.2) is 0 Å². The Hall–Kier alpha value is -0.620. The molecule has 0 bridgehead atoms. The van der Waals surface area contributed by atoms with Crippen LogP contribution in [-0.2, 0) is 14.8 Å². The molecule has 1 N–H and O–H groups in total. The number of hydrogen-bond acceptors (Lipinski definition) is 3. The van der Waals surface area contributed by atoms with Crippen LogP contribution >= 0.6 is 0 Å². The van der Waals surface area contributed by atoms with E-state index in [0.29, 0.717) is 0 Å². The van der Waals surface area contributed by atoms with E-state index in [1.54, 1.807) is 0 Å². The first-order valence-corrected chi connectivity index (χ1v) is 10.6. The number of carbonyl (C=O) groups is 1. The molecule has 128 valence electrons. The van der Waals surface area contributed by atoms with Gasteiger partial charge in [-0.2, -0.15) is 4.31 Å². The first-order valence-electron chi connectivity index (χ1n) is 8.73. The average molecular weight is 330 g/mol. The standard InChI is InChI=1S/C16H30N2O3S/c1-22(20,21)18(15-11-7-4-8-12-15)13-16(19)17-14-9-5-2-3-6-10-14/h14-15H,2-13H2,1H3,(H,17,19). The molecule has 0 aromatic heterocycles. The fourth-order valence-electron chi connectivity index (χ4n) is 3.72. The van der Waals surface area contributed by atoms with Gasteiger partial charge in [0.1, 0.15) is 0 Å². The topological polar surface area (TPSA) is 66.5 Å². The van der Waals surface area contributed by atoms with Crippen molar-refractivity contribution in [1.29, 1.82) is 0 Å². The van der Waals surface area contributed by atoms with Crippen LogP contribution in [-0.4, -0.2) is 43.5 Å². The molecule has 0 aliphatic heterocycles. The maximum absolute atomic E-state index is 12.3. The second kappa shape index (κ2) is 8.29. The van der Waals surface area contributed by atoms with Crippen LogP contribution in [0.2, 0.25) is 0 Å². The van der Waals surface area contributed by atoms with E-state index in [-0.39, 0.29) is 24.5 Å². The number of nitrogens with zero attached hydrogens (tertiary/aromatic N) is 1. The molecule has 2 aliphatic carbocycles. The molecule has 2 saturated carbocycles. The Morgan fingerprint density at radius 3 is 2.00 bits per heavy atom. The van der Waals surface area contributed by atoms with Gasteiger partial charge in [-0.3, -0.25) is 4.79 Å². The minimum absolute atomic E-state index is 0.00336. The van der Waals surface area contributed by atoms with Crippen molar-refractivity contribution in [2.45, 2.75) is 82.7 Å². The first kappa shape index (κ1) is 17.7. The minimum Gasteiger partial charge on any atom is -0.352 e. The van der Waals surface area contributed by atoms with Gasteiger partial charge in [0.15, 0.2) is 0 Å². The molecule has 2 aliphatic rings. The smallest absolute Gasteiger partial charge is 0.235 e. The molecule has 0 spiro atoms. The molecule has 2 fully saturated rings. The molecule has 22 heavy (non-hydrogen) atoms. The van der Waals surface area contributed by atoms with Crippen molar-refractivity contribution in [3.8, 4) is 0 Å². The van der Waals surface area contributed by atoms with Gasteiger partial charge in [-0.25, -0.2) is 8.42 Å². The third-order valence-electron chi connectivity index (χ3n) is 4.93. The molecule has 1 amide bonds. The van der Waals surface area contributed by atoms with Crippen molar-refractivity contribution >= 4 is 15.9 Å². The molecule has 2 rings (SSSR count). The largest absolute Gasteiger partial charge is 0.352 e. The van der Waals surface area contributed by atoms with Gasteiger partial charge in [0.25, 0.3) is 0 Å². The fourth-order valence-corrected chi connectivity index (χ4v) is 4.83. The fraction of sp³-hybridized carbons (Fsp3) is 0.938. The summed E-state index contributed by atoms with van der Waals surface area (Å²) < 4.78 is 25.5.